The Hall–Kier alpha value is -3.38. The van der Waals surface area contributed by atoms with Crippen LogP contribution in [0.25, 0.3) is 16.9 Å². The number of para-hydroxylation sites is 3. The van der Waals surface area contributed by atoms with Gasteiger partial charge in [-0.05, 0) is 24.3 Å². The van der Waals surface area contributed by atoms with Gasteiger partial charge in [-0.1, -0.05) is 30.3 Å². The minimum Gasteiger partial charge on any atom is -0.454 e. The highest BCUT2D eigenvalue weighted by atomic mass is 16.7. The van der Waals surface area contributed by atoms with Crippen LogP contribution < -0.4 is 14.8 Å². The van der Waals surface area contributed by atoms with Gasteiger partial charge in [0.2, 0.25) is 6.79 Å². The van der Waals surface area contributed by atoms with Crippen molar-refractivity contribution in [1.29, 1.82) is 0 Å². The Morgan fingerprint density at radius 3 is 2.78 bits per heavy atom. The maximum absolute atomic E-state index is 5.58. The molecule has 134 valence electrons. The third kappa shape index (κ3) is 2.90. The number of rotatable bonds is 5. The summed E-state index contributed by atoms with van der Waals surface area (Å²) in [5.74, 6) is 2.52. The standard InChI is InChI=1S/C21H18N4O2/c1-2-8-18-17(7-1)24-13-25(18)21-16(6-4-10-23-21)12-22-11-15-5-3-9-19-20(15)27-14-26-19/h1-10,13,22H,11-12,14H2. The Kier molecular flexibility index (Phi) is 3.95. The van der Waals surface area contributed by atoms with Crippen molar-refractivity contribution in [2.24, 2.45) is 0 Å². The number of ether oxygens (including phenoxy) is 2. The van der Waals surface area contributed by atoms with E-state index in [1.54, 1.807) is 0 Å². The molecule has 5 rings (SSSR count). The summed E-state index contributed by atoms with van der Waals surface area (Å²) in [6.45, 7) is 1.65. The lowest BCUT2D eigenvalue weighted by atomic mass is 10.1. The minimum absolute atomic E-state index is 0.285. The van der Waals surface area contributed by atoms with Crippen LogP contribution in [0.15, 0.2) is 67.1 Å². The topological polar surface area (TPSA) is 61.2 Å². The highest BCUT2D eigenvalue weighted by Crippen LogP contribution is 2.35. The van der Waals surface area contributed by atoms with Gasteiger partial charge in [0.05, 0.1) is 11.0 Å². The molecule has 0 atom stereocenters. The molecule has 0 spiro atoms. The van der Waals surface area contributed by atoms with Gasteiger partial charge >= 0.3 is 0 Å². The Bertz CT molecular complexity index is 1110. The van der Waals surface area contributed by atoms with E-state index in [1.165, 1.54) is 0 Å². The molecular formula is C21H18N4O2. The second kappa shape index (κ2) is 6.74. The normalized spacial score (nSPS) is 12.6. The second-order valence-electron chi connectivity index (χ2n) is 6.34. The number of imidazole rings is 1. The molecular weight excluding hydrogens is 340 g/mol. The molecule has 4 aromatic rings. The third-order valence-corrected chi connectivity index (χ3v) is 4.66. The molecule has 0 amide bonds. The number of hydrogen-bond acceptors (Lipinski definition) is 5. The van der Waals surface area contributed by atoms with E-state index < -0.39 is 0 Å². The third-order valence-electron chi connectivity index (χ3n) is 4.66. The number of nitrogens with zero attached hydrogens (tertiary/aromatic N) is 3. The number of benzene rings is 2. The average molecular weight is 358 g/mol. The molecule has 6 heteroatoms. The summed E-state index contributed by atoms with van der Waals surface area (Å²) in [6, 6.07) is 18.1. The first-order valence-corrected chi connectivity index (χ1v) is 8.85. The van der Waals surface area contributed by atoms with Crippen molar-refractivity contribution >= 4 is 11.0 Å². The van der Waals surface area contributed by atoms with Crippen molar-refractivity contribution in [3.63, 3.8) is 0 Å². The first kappa shape index (κ1) is 15.8. The summed E-state index contributed by atoms with van der Waals surface area (Å²) in [5.41, 5.74) is 4.19. The van der Waals surface area contributed by atoms with Gasteiger partial charge in [-0.3, -0.25) is 4.57 Å². The Labute approximate surface area is 156 Å². The summed E-state index contributed by atoms with van der Waals surface area (Å²) in [4.78, 5) is 9.07. The van der Waals surface area contributed by atoms with Crippen LogP contribution in [0.5, 0.6) is 11.5 Å². The molecule has 0 radical (unpaired) electrons. The highest BCUT2D eigenvalue weighted by Gasteiger charge is 2.17. The number of aromatic nitrogens is 3. The van der Waals surface area contributed by atoms with Gasteiger partial charge in [-0.15, -0.1) is 0 Å². The van der Waals surface area contributed by atoms with Gasteiger partial charge in [-0.25, -0.2) is 9.97 Å². The van der Waals surface area contributed by atoms with Crippen LogP contribution in [-0.4, -0.2) is 21.3 Å². The summed E-state index contributed by atoms with van der Waals surface area (Å²) in [7, 11) is 0. The molecule has 6 nitrogen and oxygen atoms in total. The van der Waals surface area contributed by atoms with Gasteiger partial charge in [0.15, 0.2) is 11.5 Å². The summed E-state index contributed by atoms with van der Waals surface area (Å²) >= 11 is 0. The second-order valence-corrected chi connectivity index (χ2v) is 6.34. The molecule has 0 saturated heterocycles. The fraction of sp³-hybridized carbons (Fsp3) is 0.143. The van der Waals surface area contributed by atoms with Gasteiger partial charge < -0.3 is 14.8 Å². The van der Waals surface area contributed by atoms with Crippen LogP contribution in [0.2, 0.25) is 0 Å². The van der Waals surface area contributed by atoms with Crippen LogP contribution in [0.3, 0.4) is 0 Å². The van der Waals surface area contributed by atoms with Crippen LogP contribution in [0.1, 0.15) is 11.1 Å². The summed E-state index contributed by atoms with van der Waals surface area (Å²) < 4.78 is 13.0. The lowest BCUT2D eigenvalue weighted by molar-refractivity contribution is 0.173. The van der Waals surface area contributed by atoms with Gasteiger partial charge in [0.25, 0.3) is 0 Å². The molecule has 1 N–H and O–H groups in total. The van der Waals surface area contributed by atoms with E-state index in [0.717, 1.165) is 39.5 Å². The van der Waals surface area contributed by atoms with E-state index in [9.17, 15) is 0 Å². The molecule has 0 fully saturated rings. The lowest BCUT2D eigenvalue weighted by Crippen LogP contribution is -2.15. The fourth-order valence-corrected chi connectivity index (χ4v) is 3.37. The van der Waals surface area contributed by atoms with E-state index in [2.05, 4.69) is 27.4 Å². The highest BCUT2D eigenvalue weighted by molar-refractivity contribution is 5.77. The number of hydrogen-bond donors (Lipinski definition) is 1. The Morgan fingerprint density at radius 1 is 0.889 bits per heavy atom. The van der Waals surface area contributed by atoms with Crippen molar-refractivity contribution in [1.82, 2.24) is 19.9 Å². The maximum Gasteiger partial charge on any atom is 0.231 e. The molecule has 1 aliphatic rings. The zero-order valence-electron chi connectivity index (χ0n) is 14.6. The van der Waals surface area contributed by atoms with Crippen molar-refractivity contribution in [2.75, 3.05) is 6.79 Å². The number of fused-ring (bicyclic) bond motifs is 2. The first-order chi connectivity index (χ1) is 13.4. The van der Waals surface area contributed by atoms with Gasteiger partial charge in [0.1, 0.15) is 12.1 Å². The van der Waals surface area contributed by atoms with E-state index in [4.69, 9.17) is 9.47 Å². The van der Waals surface area contributed by atoms with Crippen LogP contribution >= 0.6 is 0 Å². The zero-order chi connectivity index (χ0) is 18.1. The molecule has 3 heterocycles. The van der Waals surface area contributed by atoms with Gasteiger partial charge in [-0.2, -0.15) is 0 Å². The zero-order valence-corrected chi connectivity index (χ0v) is 14.6. The molecule has 2 aromatic heterocycles. The Morgan fingerprint density at radius 2 is 1.78 bits per heavy atom. The monoisotopic (exact) mass is 358 g/mol. The summed E-state index contributed by atoms with van der Waals surface area (Å²) in [6.07, 6.45) is 3.63. The SMILES string of the molecule is c1cnc(-n2cnc3ccccc32)c(CNCc2cccc3c2OCO3)c1. The fourth-order valence-electron chi connectivity index (χ4n) is 3.37. The molecule has 0 bridgehead atoms. The minimum atomic E-state index is 0.285. The van der Waals surface area contributed by atoms with Crippen LogP contribution in [-0.2, 0) is 13.1 Å². The molecule has 0 aliphatic carbocycles. The summed E-state index contributed by atoms with van der Waals surface area (Å²) in [5, 5.41) is 3.49. The predicted molar refractivity (Wildman–Crippen MR) is 102 cm³/mol. The van der Waals surface area contributed by atoms with E-state index in [-0.39, 0.29) is 6.79 Å². The average Bonchev–Trinajstić information content (AvgIpc) is 3.36. The molecule has 1 aliphatic heterocycles. The molecule has 0 unspecified atom stereocenters. The van der Waals surface area contributed by atoms with Crippen molar-refractivity contribution < 1.29 is 9.47 Å². The predicted octanol–water partition coefficient (Wildman–Crippen LogP) is 3.44. The number of pyridine rings is 1. The van der Waals surface area contributed by atoms with E-state index >= 15 is 0 Å². The molecule has 27 heavy (non-hydrogen) atoms. The molecule has 2 aromatic carbocycles. The quantitative estimate of drug-likeness (QED) is 0.592. The van der Waals surface area contributed by atoms with Crippen LogP contribution in [0.4, 0.5) is 0 Å². The maximum atomic E-state index is 5.58. The van der Waals surface area contributed by atoms with Crippen molar-refractivity contribution in [3.8, 4) is 17.3 Å². The first-order valence-electron chi connectivity index (χ1n) is 8.85. The van der Waals surface area contributed by atoms with Crippen molar-refractivity contribution in [3.05, 3.63) is 78.2 Å². The number of nitrogens with one attached hydrogen (secondary N) is 1. The van der Waals surface area contributed by atoms with E-state index in [1.807, 2.05) is 59.6 Å². The largest absolute Gasteiger partial charge is 0.454 e. The van der Waals surface area contributed by atoms with Gasteiger partial charge in [0, 0.05) is 30.4 Å². The van der Waals surface area contributed by atoms with Crippen molar-refractivity contribution in [2.45, 2.75) is 13.1 Å². The smallest absolute Gasteiger partial charge is 0.231 e. The van der Waals surface area contributed by atoms with Crippen LogP contribution in [0, 0.1) is 0 Å². The Balaban J connectivity index is 1.39. The van der Waals surface area contributed by atoms with E-state index in [0.29, 0.717) is 13.1 Å². The molecule has 0 saturated carbocycles. The lowest BCUT2D eigenvalue weighted by Gasteiger charge is -2.12.